The third-order valence-electron chi connectivity index (χ3n) is 2.98. The van der Waals surface area contributed by atoms with E-state index in [2.05, 4.69) is 28.7 Å². The van der Waals surface area contributed by atoms with Gasteiger partial charge < -0.3 is 9.47 Å². The van der Waals surface area contributed by atoms with Gasteiger partial charge in [0.1, 0.15) is 5.92 Å². The summed E-state index contributed by atoms with van der Waals surface area (Å²) in [6.45, 7) is 0. The van der Waals surface area contributed by atoms with Crippen LogP contribution in [0.1, 0.15) is 21.8 Å². The first-order valence-electron chi connectivity index (χ1n) is 6.00. The fourth-order valence-corrected chi connectivity index (χ4v) is 3.26. The van der Waals surface area contributed by atoms with Crippen molar-refractivity contribution < 1.29 is 14.3 Å². The molecule has 108 valence electrons. The van der Waals surface area contributed by atoms with Gasteiger partial charge in [0.05, 0.1) is 23.2 Å². The van der Waals surface area contributed by atoms with E-state index in [9.17, 15) is 10.1 Å². The Balaban J connectivity index is 2.38. The summed E-state index contributed by atoms with van der Waals surface area (Å²) in [6.07, 6.45) is 0. The molecule has 21 heavy (non-hydrogen) atoms. The second-order valence-corrected chi connectivity index (χ2v) is 6.99. The number of methoxy groups -OCH3 is 2. The first-order valence-corrected chi connectivity index (χ1v) is 7.96. The van der Waals surface area contributed by atoms with E-state index in [1.54, 1.807) is 29.6 Å². The van der Waals surface area contributed by atoms with E-state index < -0.39 is 5.92 Å². The lowest BCUT2D eigenvalue weighted by Crippen LogP contribution is -2.10. The van der Waals surface area contributed by atoms with E-state index in [1.807, 2.05) is 0 Å². The summed E-state index contributed by atoms with van der Waals surface area (Å²) in [5.41, 5.74) is 1.16. The number of Topliss-reactive ketones (excluding diaryl/α,β-unsaturated/α-hetero) is 1. The average Bonchev–Trinajstić information content (AvgIpc) is 2.94. The highest BCUT2D eigenvalue weighted by Gasteiger charge is 2.24. The number of carbonyl (C=O) groups is 1. The lowest BCUT2D eigenvalue weighted by atomic mass is 9.93. The van der Waals surface area contributed by atoms with Gasteiger partial charge in [-0.25, -0.2) is 0 Å². The fraction of sp³-hybridized carbons (Fsp3) is 0.200. The molecular weight excluding hydrogens is 401 g/mol. The van der Waals surface area contributed by atoms with E-state index in [0.717, 1.165) is 2.88 Å². The van der Waals surface area contributed by atoms with E-state index >= 15 is 0 Å². The van der Waals surface area contributed by atoms with Gasteiger partial charge in [0, 0.05) is 10.9 Å². The minimum absolute atomic E-state index is 0.205. The maximum absolute atomic E-state index is 12.5. The summed E-state index contributed by atoms with van der Waals surface area (Å²) in [4.78, 5) is 12.5. The summed E-state index contributed by atoms with van der Waals surface area (Å²) in [7, 11) is 3.06. The molecule has 1 atom stereocenters. The number of halogens is 1. The van der Waals surface area contributed by atoms with E-state index in [-0.39, 0.29) is 5.78 Å². The van der Waals surface area contributed by atoms with Crippen LogP contribution in [0.15, 0.2) is 29.6 Å². The summed E-state index contributed by atoms with van der Waals surface area (Å²) in [5, 5.41) is 11.1. The molecule has 0 aliphatic carbocycles. The van der Waals surface area contributed by atoms with Crippen molar-refractivity contribution in [3.8, 4) is 17.6 Å². The van der Waals surface area contributed by atoms with E-state index in [4.69, 9.17) is 9.47 Å². The Morgan fingerprint density at radius 1 is 1.29 bits per heavy atom. The van der Waals surface area contributed by atoms with Crippen molar-refractivity contribution in [3.05, 3.63) is 43.7 Å². The Hall–Kier alpha value is -1.59. The van der Waals surface area contributed by atoms with Crippen molar-refractivity contribution in [3.63, 3.8) is 0 Å². The summed E-state index contributed by atoms with van der Waals surface area (Å²) in [6, 6.07) is 8.94. The van der Waals surface area contributed by atoms with E-state index in [1.165, 1.54) is 25.6 Å². The molecule has 2 rings (SSSR count). The van der Waals surface area contributed by atoms with Crippen molar-refractivity contribution in [2.75, 3.05) is 14.2 Å². The third-order valence-corrected chi connectivity index (χ3v) is 4.77. The topological polar surface area (TPSA) is 59.3 Å². The van der Waals surface area contributed by atoms with Crippen LogP contribution >= 0.6 is 33.9 Å². The third kappa shape index (κ3) is 3.36. The molecule has 0 spiro atoms. The van der Waals surface area contributed by atoms with Crippen LogP contribution in [0.5, 0.6) is 11.5 Å². The molecule has 0 amide bonds. The summed E-state index contributed by atoms with van der Waals surface area (Å²) in [5.74, 6) is 0.0116. The lowest BCUT2D eigenvalue weighted by molar-refractivity contribution is 0.0979. The molecule has 0 fully saturated rings. The van der Waals surface area contributed by atoms with Gasteiger partial charge in [-0.1, -0.05) is 6.07 Å². The minimum atomic E-state index is -0.852. The van der Waals surface area contributed by atoms with Crippen molar-refractivity contribution in [1.29, 1.82) is 5.26 Å². The van der Waals surface area contributed by atoms with Crippen LogP contribution in [0.4, 0.5) is 0 Å². The van der Waals surface area contributed by atoms with Gasteiger partial charge >= 0.3 is 0 Å². The molecule has 0 N–H and O–H groups in total. The highest BCUT2D eigenvalue weighted by molar-refractivity contribution is 14.1. The van der Waals surface area contributed by atoms with Gasteiger partial charge in [-0.2, -0.15) is 5.26 Å². The Labute approximate surface area is 140 Å². The molecule has 1 unspecified atom stereocenters. The van der Waals surface area contributed by atoms with Crippen LogP contribution in [-0.2, 0) is 0 Å². The molecule has 0 aliphatic rings. The van der Waals surface area contributed by atoms with Crippen LogP contribution in [0.25, 0.3) is 0 Å². The molecule has 1 heterocycles. The molecule has 1 aromatic heterocycles. The minimum Gasteiger partial charge on any atom is -0.493 e. The number of ether oxygens (including phenoxy) is 2. The predicted molar refractivity (Wildman–Crippen MR) is 89.3 cm³/mol. The van der Waals surface area contributed by atoms with Gasteiger partial charge in [-0.05, 0) is 46.4 Å². The van der Waals surface area contributed by atoms with Crippen LogP contribution in [0.2, 0.25) is 0 Å². The quantitative estimate of drug-likeness (QED) is 0.552. The second kappa shape index (κ2) is 6.91. The average molecular weight is 413 g/mol. The van der Waals surface area contributed by atoms with Crippen LogP contribution in [0, 0.1) is 14.2 Å². The highest BCUT2D eigenvalue weighted by Crippen LogP contribution is 2.32. The van der Waals surface area contributed by atoms with E-state index in [0.29, 0.717) is 22.6 Å². The first kappa shape index (κ1) is 15.8. The van der Waals surface area contributed by atoms with Gasteiger partial charge in [0.25, 0.3) is 0 Å². The Morgan fingerprint density at radius 2 is 2.00 bits per heavy atom. The van der Waals surface area contributed by atoms with Crippen molar-refractivity contribution in [2.45, 2.75) is 5.92 Å². The van der Waals surface area contributed by atoms with Crippen LogP contribution < -0.4 is 9.47 Å². The predicted octanol–water partition coefficient (Wildman–Crippen LogP) is 3.86. The molecule has 1 aromatic carbocycles. The zero-order chi connectivity index (χ0) is 15.4. The molecule has 6 heteroatoms. The number of rotatable bonds is 5. The van der Waals surface area contributed by atoms with Gasteiger partial charge in [0.15, 0.2) is 17.3 Å². The molecule has 4 nitrogen and oxygen atoms in total. The molecule has 0 saturated heterocycles. The molecule has 0 saturated carbocycles. The number of benzene rings is 1. The molecule has 2 aromatic rings. The number of thiophene rings is 1. The normalized spacial score (nSPS) is 11.5. The maximum Gasteiger partial charge on any atom is 0.185 e. The van der Waals surface area contributed by atoms with Crippen molar-refractivity contribution >= 4 is 39.7 Å². The zero-order valence-electron chi connectivity index (χ0n) is 11.4. The Morgan fingerprint density at radius 3 is 2.52 bits per heavy atom. The SMILES string of the molecule is COc1ccc(C(C#N)C(=O)c2csc(I)c2)cc1OC. The zero-order valence-corrected chi connectivity index (χ0v) is 14.4. The Kier molecular flexibility index (Phi) is 5.20. The smallest absolute Gasteiger partial charge is 0.185 e. The first-order chi connectivity index (χ1) is 10.1. The largest absolute Gasteiger partial charge is 0.493 e. The number of hydrogen-bond donors (Lipinski definition) is 0. The van der Waals surface area contributed by atoms with Crippen LogP contribution in [-0.4, -0.2) is 20.0 Å². The van der Waals surface area contributed by atoms with Crippen molar-refractivity contribution in [1.82, 2.24) is 0 Å². The number of nitriles is 1. The summed E-state index contributed by atoms with van der Waals surface area (Å²) < 4.78 is 11.4. The molecule has 0 radical (unpaired) electrons. The highest BCUT2D eigenvalue weighted by atomic mass is 127. The van der Waals surface area contributed by atoms with Crippen LogP contribution in [0.3, 0.4) is 0 Å². The number of ketones is 1. The molecule has 0 aliphatic heterocycles. The number of hydrogen-bond acceptors (Lipinski definition) is 5. The molecular formula is C15H12INO3S. The lowest BCUT2D eigenvalue weighted by Gasteiger charge is -2.12. The monoisotopic (exact) mass is 413 g/mol. The Bertz CT molecular complexity index is 705. The van der Waals surface area contributed by atoms with Gasteiger partial charge in [-0.3, -0.25) is 4.79 Å². The number of carbonyl (C=O) groups excluding carboxylic acids is 1. The fourth-order valence-electron chi connectivity index (χ4n) is 1.92. The second-order valence-electron chi connectivity index (χ2n) is 4.18. The van der Waals surface area contributed by atoms with Gasteiger partial charge in [-0.15, -0.1) is 11.3 Å². The van der Waals surface area contributed by atoms with Crippen molar-refractivity contribution in [2.24, 2.45) is 0 Å². The summed E-state index contributed by atoms with van der Waals surface area (Å²) >= 11 is 3.63. The number of nitrogens with zero attached hydrogens (tertiary/aromatic N) is 1. The standard InChI is InChI=1S/C15H12INO3S/c1-19-12-4-3-9(5-13(12)20-2)11(7-17)15(18)10-6-14(16)21-8-10/h3-6,8,11H,1-2H3. The van der Waals surface area contributed by atoms with Gasteiger partial charge in [0.2, 0.25) is 0 Å². The molecule has 0 bridgehead atoms. The maximum atomic E-state index is 12.5.